The highest BCUT2D eigenvalue weighted by Gasteiger charge is 2.23. The number of rotatable bonds is 5. The van der Waals surface area contributed by atoms with Crippen LogP contribution in [0, 0.1) is 0 Å². The van der Waals surface area contributed by atoms with Crippen molar-refractivity contribution in [1.82, 2.24) is 30.3 Å². The van der Waals surface area contributed by atoms with Crippen molar-refractivity contribution >= 4 is 17.6 Å². The predicted octanol–water partition coefficient (Wildman–Crippen LogP) is 4.93. The van der Waals surface area contributed by atoms with Gasteiger partial charge in [0.05, 0.1) is 5.69 Å². The van der Waals surface area contributed by atoms with E-state index in [2.05, 4.69) is 79.4 Å². The van der Waals surface area contributed by atoms with E-state index >= 15 is 0 Å². The molecule has 1 unspecified atom stereocenters. The van der Waals surface area contributed by atoms with Crippen molar-refractivity contribution in [2.45, 2.75) is 76.3 Å². The molecule has 0 bridgehead atoms. The number of benzene rings is 2. The van der Waals surface area contributed by atoms with Gasteiger partial charge in [0.15, 0.2) is 5.82 Å². The summed E-state index contributed by atoms with van der Waals surface area (Å²) in [6.45, 7) is 0. The van der Waals surface area contributed by atoms with Gasteiger partial charge >= 0.3 is 0 Å². The van der Waals surface area contributed by atoms with Crippen LogP contribution in [0.1, 0.15) is 60.8 Å². The molecule has 7 rings (SSSR count). The molecule has 1 atom stereocenters. The standard InChI is InChI=1S/C30H34N8/c31-29-34-30(33-25-16-12-19-11-14-24(15-13-21(19)17-25)32-23-8-4-9-23)37-38(29)27-18-22-7-3-6-20-5-1-2-10-26(20)28(22)36-35-27/h1-2,5,10,12,16-18,23-24,32H,3-4,6-9,11,13-15H2,(H3,31,33,34,37). The van der Waals surface area contributed by atoms with Crippen molar-refractivity contribution < 1.29 is 0 Å². The summed E-state index contributed by atoms with van der Waals surface area (Å²) in [5.74, 6) is 1.34. The van der Waals surface area contributed by atoms with Crippen molar-refractivity contribution in [2.75, 3.05) is 11.1 Å². The maximum atomic E-state index is 6.29. The van der Waals surface area contributed by atoms with E-state index in [1.165, 1.54) is 59.9 Å². The molecule has 38 heavy (non-hydrogen) atoms. The van der Waals surface area contributed by atoms with E-state index in [0.29, 0.717) is 17.8 Å². The van der Waals surface area contributed by atoms with Crippen LogP contribution in [0.4, 0.5) is 17.6 Å². The van der Waals surface area contributed by atoms with Crippen LogP contribution in [0.15, 0.2) is 48.5 Å². The van der Waals surface area contributed by atoms with Crippen LogP contribution in [0.2, 0.25) is 0 Å². The third-order valence-electron chi connectivity index (χ3n) is 8.44. The van der Waals surface area contributed by atoms with E-state index in [4.69, 9.17) is 5.73 Å². The lowest BCUT2D eigenvalue weighted by atomic mass is 9.91. The molecule has 0 radical (unpaired) electrons. The summed E-state index contributed by atoms with van der Waals surface area (Å²) in [6, 6.07) is 18.5. The summed E-state index contributed by atoms with van der Waals surface area (Å²) < 4.78 is 1.58. The number of anilines is 3. The highest BCUT2D eigenvalue weighted by atomic mass is 15.4. The first kappa shape index (κ1) is 23.3. The Kier molecular flexibility index (Phi) is 6.04. The van der Waals surface area contributed by atoms with E-state index in [0.717, 1.165) is 49.5 Å². The summed E-state index contributed by atoms with van der Waals surface area (Å²) in [5, 5.41) is 21.0. The molecule has 2 aromatic carbocycles. The fraction of sp³-hybridized carbons (Fsp3) is 0.400. The van der Waals surface area contributed by atoms with Crippen molar-refractivity contribution in [3.8, 4) is 17.1 Å². The fourth-order valence-electron chi connectivity index (χ4n) is 6.11. The number of aryl methyl sites for hydroxylation is 4. The van der Waals surface area contributed by atoms with Gasteiger partial charge in [-0.3, -0.25) is 0 Å². The Balaban J connectivity index is 1.09. The lowest BCUT2D eigenvalue weighted by Crippen LogP contribution is -2.42. The second-order valence-electron chi connectivity index (χ2n) is 11.0. The second-order valence-corrected chi connectivity index (χ2v) is 11.0. The van der Waals surface area contributed by atoms with Crippen molar-refractivity contribution in [1.29, 1.82) is 0 Å². The molecular formula is C30H34N8. The Morgan fingerprint density at radius 1 is 0.763 bits per heavy atom. The third-order valence-corrected chi connectivity index (χ3v) is 8.44. The van der Waals surface area contributed by atoms with E-state index < -0.39 is 0 Å². The quantitative estimate of drug-likeness (QED) is 0.330. The minimum Gasteiger partial charge on any atom is -0.368 e. The zero-order chi connectivity index (χ0) is 25.5. The Hall–Kier alpha value is -3.78. The first-order valence-electron chi connectivity index (χ1n) is 14.0. The summed E-state index contributed by atoms with van der Waals surface area (Å²) in [6.07, 6.45) is 11.7. The maximum Gasteiger partial charge on any atom is 0.248 e. The zero-order valence-corrected chi connectivity index (χ0v) is 21.7. The van der Waals surface area contributed by atoms with Crippen LogP contribution in [-0.2, 0) is 25.7 Å². The van der Waals surface area contributed by atoms with Crippen molar-refractivity contribution in [2.24, 2.45) is 0 Å². The summed E-state index contributed by atoms with van der Waals surface area (Å²) >= 11 is 0. The molecule has 1 fully saturated rings. The third kappa shape index (κ3) is 4.53. The van der Waals surface area contributed by atoms with Gasteiger partial charge in [0.2, 0.25) is 11.9 Å². The number of nitrogens with one attached hydrogen (secondary N) is 2. The SMILES string of the molecule is Nc1nc(Nc2ccc3c(c2)CCC(NC2CCC2)CC3)nn1-c1cc2c(nn1)-c1ccccc1CCC2. The van der Waals surface area contributed by atoms with Crippen LogP contribution in [0.3, 0.4) is 0 Å². The number of nitrogen functional groups attached to an aromatic ring is 1. The molecule has 194 valence electrons. The largest absolute Gasteiger partial charge is 0.368 e. The van der Waals surface area contributed by atoms with Crippen LogP contribution in [0.25, 0.3) is 17.1 Å². The summed E-state index contributed by atoms with van der Waals surface area (Å²) in [5.41, 5.74) is 14.7. The van der Waals surface area contributed by atoms with Crippen LogP contribution in [-0.4, -0.2) is 37.0 Å². The first-order valence-corrected chi connectivity index (χ1v) is 14.0. The molecule has 3 aliphatic rings. The van der Waals surface area contributed by atoms with E-state index in [1.807, 2.05) is 0 Å². The van der Waals surface area contributed by atoms with Crippen molar-refractivity contribution in [3.05, 3.63) is 70.8 Å². The smallest absolute Gasteiger partial charge is 0.248 e. The average Bonchev–Trinajstić information content (AvgIpc) is 3.06. The maximum absolute atomic E-state index is 6.29. The molecule has 4 aromatic rings. The molecule has 3 aliphatic carbocycles. The molecule has 2 aromatic heterocycles. The molecule has 8 nitrogen and oxygen atoms in total. The molecule has 2 heterocycles. The number of fused-ring (bicyclic) bond motifs is 4. The van der Waals surface area contributed by atoms with Gasteiger partial charge < -0.3 is 16.4 Å². The summed E-state index contributed by atoms with van der Waals surface area (Å²) in [7, 11) is 0. The van der Waals surface area contributed by atoms with Gasteiger partial charge in [-0.1, -0.05) is 36.8 Å². The Labute approximate surface area is 223 Å². The Morgan fingerprint density at radius 2 is 1.58 bits per heavy atom. The minimum absolute atomic E-state index is 0.287. The molecular weight excluding hydrogens is 472 g/mol. The molecule has 0 spiro atoms. The van der Waals surface area contributed by atoms with Gasteiger partial charge in [-0.2, -0.15) is 9.67 Å². The number of nitrogens with zero attached hydrogens (tertiary/aromatic N) is 5. The minimum atomic E-state index is 0.287. The highest BCUT2D eigenvalue weighted by Crippen LogP contribution is 2.32. The van der Waals surface area contributed by atoms with Gasteiger partial charge in [0.1, 0.15) is 0 Å². The topological polar surface area (TPSA) is 107 Å². The van der Waals surface area contributed by atoms with Gasteiger partial charge in [-0.25, -0.2) is 0 Å². The Bertz CT molecular complexity index is 1470. The van der Waals surface area contributed by atoms with Gasteiger partial charge in [-0.05, 0) is 98.2 Å². The zero-order valence-electron chi connectivity index (χ0n) is 21.7. The normalized spacial score (nSPS) is 18.9. The number of nitrogens with two attached hydrogens (primary N) is 1. The monoisotopic (exact) mass is 506 g/mol. The average molecular weight is 507 g/mol. The number of hydrogen-bond acceptors (Lipinski definition) is 7. The molecule has 1 saturated carbocycles. The van der Waals surface area contributed by atoms with Gasteiger partial charge in [0.25, 0.3) is 0 Å². The van der Waals surface area contributed by atoms with Gasteiger partial charge in [0, 0.05) is 23.3 Å². The second kappa shape index (κ2) is 9.83. The predicted molar refractivity (Wildman–Crippen MR) is 150 cm³/mol. The highest BCUT2D eigenvalue weighted by molar-refractivity contribution is 5.68. The lowest BCUT2D eigenvalue weighted by molar-refractivity contribution is 0.291. The summed E-state index contributed by atoms with van der Waals surface area (Å²) in [4.78, 5) is 4.48. The molecule has 4 N–H and O–H groups in total. The number of hydrogen-bond donors (Lipinski definition) is 3. The van der Waals surface area contributed by atoms with Crippen LogP contribution in [0.5, 0.6) is 0 Å². The number of aromatic nitrogens is 5. The van der Waals surface area contributed by atoms with Crippen LogP contribution >= 0.6 is 0 Å². The Morgan fingerprint density at radius 3 is 2.45 bits per heavy atom. The molecule has 8 heteroatoms. The van der Waals surface area contributed by atoms with E-state index in [9.17, 15) is 0 Å². The first-order chi connectivity index (χ1) is 18.7. The van der Waals surface area contributed by atoms with E-state index in [-0.39, 0.29) is 5.95 Å². The molecule has 0 saturated heterocycles. The van der Waals surface area contributed by atoms with E-state index in [1.54, 1.807) is 4.68 Å². The molecule has 0 aliphatic heterocycles. The van der Waals surface area contributed by atoms with Crippen LogP contribution < -0.4 is 16.4 Å². The fourth-order valence-corrected chi connectivity index (χ4v) is 6.11. The molecule has 0 amide bonds. The van der Waals surface area contributed by atoms with Crippen molar-refractivity contribution in [3.63, 3.8) is 0 Å². The van der Waals surface area contributed by atoms with Gasteiger partial charge in [-0.15, -0.1) is 15.3 Å². The lowest BCUT2D eigenvalue weighted by Gasteiger charge is -2.31.